The Morgan fingerprint density at radius 3 is 2.62 bits per heavy atom. The smallest absolute Gasteiger partial charge is 0.317 e. The third-order valence-electron chi connectivity index (χ3n) is 3.13. The molecule has 4 heteroatoms. The lowest BCUT2D eigenvalue weighted by atomic mass is 10.0. The van der Waals surface area contributed by atoms with Crippen LogP contribution >= 0.6 is 15.9 Å². The van der Waals surface area contributed by atoms with Gasteiger partial charge in [0, 0.05) is 5.39 Å². The van der Waals surface area contributed by atoms with Gasteiger partial charge in [-0.1, -0.05) is 12.1 Å². The van der Waals surface area contributed by atoms with E-state index in [2.05, 4.69) is 15.9 Å². The van der Waals surface area contributed by atoms with Gasteiger partial charge in [-0.25, -0.2) is 0 Å². The molecule has 82 valence electrons. The molecule has 1 aliphatic carbocycles. The first-order valence-corrected chi connectivity index (χ1v) is 5.85. The maximum Gasteiger partial charge on any atom is 0.317 e. The molecule has 0 aliphatic heterocycles. The summed E-state index contributed by atoms with van der Waals surface area (Å²) in [6.07, 6.45) is 1.31. The first kappa shape index (κ1) is 9.90. The Balaban J connectivity index is 2.26. The highest BCUT2D eigenvalue weighted by Crippen LogP contribution is 2.53. The second-order valence-corrected chi connectivity index (χ2v) is 4.92. The zero-order chi connectivity index (χ0) is 11.3. The van der Waals surface area contributed by atoms with E-state index < -0.39 is 11.4 Å². The van der Waals surface area contributed by atoms with Crippen LogP contribution in [0.25, 0.3) is 11.0 Å². The van der Waals surface area contributed by atoms with Gasteiger partial charge < -0.3 is 9.52 Å². The lowest BCUT2D eigenvalue weighted by Gasteiger charge is -2.05. The highest BCUT2D eigenvalue weighted by atomic mass is 79.9. The van der Waals surface area contributed by atoms with Gasteiger partial charge in [0.1, 0.15) is 16.8 Å². The van der Waals surface area contributed by atoms with Gasteiger partial charge in [0.25, 0.3) is 0 Å². The lowest BCUT2D eigenvalue weighted by Crippen LogP contribution is -2.19. The van der Waals surface area contributed by atoms with Crippen LogP contribution in [0.2, 0.25) is 0 Å². The van der Waals surface area contributed by atoms with Gasteiger partial charge in [0.05, 0.1) is 4.47 Å². The number of halogens is 1. The molecular formula is C12H9BrO3. The van der Waals surface area contributed by atoms with Gasteiger partial charge in [-0.15, -0.1) is 0 Å². The van der Waals surface area contributed by atoms with Crippen LogP contribution in [0.3, 0.4) is 0 Å². The molecule has 0 radical (unpaired) electrons. The molecule has 2 aromatic rings. The molecule has 3 rings (SSSR count). The Morgan fingerprint density at radius 1 is 1.38 bits per heavy atom. The third-order valence-corrected chi connectivity index (χ3v) is 3.92. The number of hydrogen-bond acceptors (Lipinski definition) is 2. The summed E-state index contributed by atoms with van der Waals surface area (Å²) in [5, 5.41) is 10.2. The first-order chi connectivity index (χ1) is 7.65. The van der Waals surface area contributed by atoms with Gasteiger partial charge in [0.15, 0.2) is 0 Å². The summed E-state index contributed by atoms with van der Waals surface area (Å²) in [5.74, 6) is -0.242. The van der Waals surface area contributed by atoms with Gasteiger partial charge in [-0.05, 0) is 40.9 Å². The third kappa shape index (κ3) is 1.16. The molecule has 16 heavy (non-hydrogen) atoms. The maximum absolute atomic E-state index is 11.2. The van der Waals surface area contributed by atoms with E-state index in [-0.39, 0.29) is 0 Å². The van der Waals surface area contributed by atoms with Crippen molar-refractivity contribution in [3.05, 3.63) is 34.5 Å². The number of rotatable bonds is 2. The molecule has 1 N–H and O–H groups in total. The highest BCUT2D eigenvalue weighted by molar-refractivity contribution is 9.10. The minimum atomic E-state index is -0.799. The largest absolute Gasteiger partial charge is 0.480 e. The Bertz CT molecular complexity index is 581. The quantitative estimate of drug-likeness (QED) is 0.918. The van der Waals surface area contributed by atoms with Crippen molar-refractivity contribution >= 4 is 32.9 Å². The molecule has 1 saturated carbocycles. The number of para-hydroxylation sites is 1. The normalized spacial score (nSPS) is 17.6. The second kappa shape index (κ2) is 3.10. The summed E-state index contributed by atoms with van der Waals surface area (Å²) < 4.78 is 6.44. The highest BCUT2D eigenvalue weighted by Gasteiger charge is 2.55. The van der Waals surface area contributed by atoms with Crippen LogP contribution in [0, 0.1) is 0 Å². The summed E-state index contributed by atoms with van der Waals surface area (Å²) in [7, 11) is 0. The van der Waals surface area contributed by atoms with E-state index in [1.165, 1.54) is 0 Å². The van der Waals surface area contributed by atoms with Crippen molar-refractivity contribution in [1.29, 1.82) is 0 Å². The van der Waals surface area contributed by atoms with Crippen molar-refractivity contribution in [1.82, 2.24) is 0 Å². The van der Waals surface area contributed by atoms with E-state index in [0.29, 0.717) is 18.6 Å². The average molecular weight is 281 g/mol. The van der Waals surface area contributed by atoms with E-state index in [1.54, 1.807) is 0 Å². The summed E-state index contributed by atoms with van der Waals surface area (Å²) >= 11 is 3.44. The van der Waals surface area contributed by atoms with Crippen LogP contribution in [-0.4, -0.2) is 11.1 Å². The van der Waals surface area contributed by atoms with E-state index in [9.17, 15) is 9.90 Å². The summed E-state index contributed by atoms with van der Waals surface area (Å²) in [6, 6.07) is 7.56. The minimum Gasteiger partial charge on any atom is -0.480 e. The lowest BCUT2D eigenvalue weighted by molar-refractivity contribution is -0.140. The van der Waals surface area contributed by atoms with Crippen molar-refractivity contribution in [3.63, 3.8) is 0 Å². The molecule has 0 spiro atoms. The number of aliphatic carboxylic acids is 1. The molecule has 0 unspecified atom stereocenters. The molecule has 1 heterocycles. The number of carboxylic acid groups (broad SMARTS) is 1. The summed E-state index contributed by atoms with van der Waals surface area (Å²) in [6.45, 7) is 0. The Hall–Kier alpha value is -1.29. The molecule has 0 bridgehead atoms. The van der Waals surface area contributed by atoms with E-state index in [1.807, 2.05) is 24.3 Å². The Kier molecular flexibility index (Phi) is 1.92. The summed E-state index contributed by atoms with van der Waals surface area (Å²) in [4.78, 5) is 11.2. The number of benzene rings is 1. The number of hydrogen-bond donors (Lipinski definition) is 1. The predicted octanol–water partition coefficient (Wildman–Crippen LogP) is 3.31. The van der Waals surface area contributed by atoms with Gasteiger partial charge in [0.2, 0.25) is 0 Å². The number of furan rings is 1. The molecule has 0 amide bonds. The second-order valence-electron chi connectivity index (χ2n) is 4.13. The topological polar surface area (TPSA) is 50.4 Å². The molecule has 1 aliphatic rings. The van der Waals surface area contributed by atoms with E-state index in [4.69, 9.17) is 4.42 Å². The maximum atomic E-state index is 11.2. The molecule has 1 fully saturated rings. The number of carboxylic acids is 1. The SMILES string of the molecule is O=C(O)C1(c2oc3ccccc3c2Br)CC1. The van der Waals surface area contributed by atoms with Gasteiger partial charge >= 0.3 is 5.97 Å². The van der Waals surface area contributed by atoms with Crippen LogP contribution < -0.4 is 0 Å². The van der Waals surface area contributed by atoms with Gasteiger partial charge in [-0.3, -0.25) is 4.79 Å². The predicted molar refractivity (Wildman–Crippen MR) is 62.5 cm³/mol. The zero-order valence-electron chi connectivity index (χ0n) is 8.37. The average Bonchev–Trinajstić information content (AvgIpc) is 3.01. The van der Waals surface area contributed by atoms with Crippen LogP contribution in [0.1, 0.15) is 18.6 Å². The molecular weight excluding hydrogens is 272 g/mol. The van der Waals surface area contributed by atoms with Crippen molar-refractivity contribution in [3.8, 4) is 0 Å². The molecule has 0 saturated heterocycles. The molecule has 0 atom stereocenters. The van der Waals surface area contributed by atoms with Crippen molar-refractivity contribution in [2.45, 2.75) is 18.3 Å². The fraction of sp³-hybridized carbons (Fsp3) is 0.250. The van der Waals surface area contributed by atoms with E-state index >= 15 is 0 Å². The molecule has 3 nitrogen and oxygen atoms in total. The van der Waals surface area contributed by atoms with Gasteiger partial charge in [-0.2, -0.15) is 0 Å². The van der Waals surface area contributed by atoms with Crippen LogP contribution in [0.15, 0.2) is 33.2 Å². The minimum absolute atomic E-state index is 0.557. The fourth-order valence-electron chi connectivity index (χ4n) is 1.98. The number of fused-ring (bicyclic) bond motifs is 1. The van der Waals surface area contributed by atoms with Crippen molar-refractivity contribution in [2.24, 2.45) is 0 Å². The van der Waals surface area contributed by atoms with Crippen molar-refractivity contribution < 1.29 is 14.3 Å². The Labute approximate surface area is 100 Å². The summed E-state index contributed by atoms with van der Waals surface area (Å²) in [5.41, 5.74) is -0.0606. The Morgan fingerprint density at radius 2 is 2.06 bits per heavy atom. The molecule has 1 aromatic heterocycles. The monoisotopic (exact) mass is 280 g/mol. The van der Waals surface area contributed by atoms with Crippen LogP contribution in [-0.2, 0) is 10.2 Å². The fourth-order valence-corrected chi connectivity index (χ4v) is 2.77. The van der Waals surface area contributed by atoms with Crippen LogP contribution in [0.5, 0.6) is 0 Å². The van der Waals surface area contributed by atoms with Crippen molar-refractivity contribution in [2.75, 3.05) is 0 Å². The zero-order valence-corrected chi connectivity index (χ0v) is 9.95. The standard InChI is InChI=1S/C12H9BrO3/c13-9-7-3-1-2-4-8(7)16-10(9)12(5-6-12)11(14)15/h1-4H,5-6H2,(H,14,15). The van der Waals surface area contributed by atoms with Crippen LogP contribution in [0.4, 0.5) is 0 Å². The number of carbonyl (C=O) groups is 1. The first-order valence-electron chi connectivity index (χ1n) is 5.06. The molecule has 1 aromatic carbocycles. The van der Waals surface area contributed by atoms with E-state index in [0.717, 1.165) is 15.4 Å².